The van der Waals surface area contributed by atoms with Crippen molar-refractivity contribution in [1.29, 1.82) is 0 Å². The van der Waals surface area contributed by atoms with Gasteiger partial charge in [-0.1, -0.05) is 54.1 Å². The van der Waals surface area contributed by atoms with E-state index in [0.717, 1.165) is 28.0 Å². The highest BCUT2D eigenvalue weighted by Crippen LogP contribution is 2.51. The molecule has 4 nitrogen and oxygen atoms in total. The Kier molecular flexibility index (Phi) is 3.88. The van der Waals surface area contributed by atoms with Crippen LogP contribution in [0.1, 0.15) is 16.7 Å². The Balaban J connectivity index is 1.60. The number of aromatic nitrogens is 1. The molecule has 0 saturated carbocycles. The first-order valence-corrected chi connectivity index (χ1v) is 9.95. The van der Waals surface area contributed by atoms with Gasteiger partial charge in [-0.25, -0.2) is 4.98 Å². The van der Waals surface area contributed by atoms with E-state index in [2.05, 4.69) is 10.1 Å². The predicted molar refractivity (Wildman–Crippen MR) is 106 cm³/mol. The summed E-state index contributed by atoms with van der Waals surface area (Å²) in [6, 6.07) is 14.6. The Hall–Kier alpha value is -2.71. The molecule has 0 fully saturated rings. The maximum atomic E-state index is 14.1. The Morgan fingerprint density at radius 3 is 2.59 bits per heavy atom. The highest BCUT2D eigenvalue weighted by molar-refractivity contribution is 7.14. The highest BCUT2D eigenvalue weighted by Gasteiger charge is 2.69. The van der Waals surface area contributed by atoms with Crippen molar-refractivity contribution in [2.24, 2.45) is 11.0 Å². The van der Waals surface area contributed by atoms with Gasteiger partial charge in [-0.2, -0.15) is 23.3 Å². The van der Waals surface area contributed by atoms with Gasteiger partial charge in [0.05, 0.1) is 17.3 Å². The number of rotatable bonds is 2. The molecular formula is C21H16F3N3OS. The van der Waals surface area contributed by atoms with Crippen LogP contribution in [0.25, 0.3) is 11.3 Å². The maximum absolute atomic E-state index is 14.1. The van der Waals surface area contributed by atoms with E-state index in [4.69, 9.17) is 0 Å². The molecule has 8 heteroatoms. The highest BCUT2D eigenvalue weighted by atomic mass is 32.1. The lowest BCUT2D eigenvalue weighted by Gasteiger charge is -2.36. The summed E-state index contributed by atoms with van der Waals surface area (Å²) in [6.45, 7) is 1.95. The van der Waals surface area contributed by atoms with E-state index in [1.807, 2.05) is 31.2 Å². The van der Waals surface area contributed by atoms with Gasteiger partial charge in [0, 0.05) is 16.5 Å². The Bertz CT molecular complexity index is 1120. The molecule has 0 saturated heterocycles. The topological polar surface area (TPSA) is 48.7 Å². The van der Waals surface area contributed by atoms with Crippen molar-refractivity contribution in [1.82, 2.24) is 4.98 Å². The summed E-state index contributed by atoms with van der Waals surface area (Å²) in [4.78, 5) is 4.36. The molecule has 0 bridgehead atoms. The Morgan fingerprint density at radius 2 is 1.86 bits per heavy atom. The number of hydrazone groups is 1. The fourth-order valence-corrected chi connectivity index (χ4v) is 4.80. The molecule has 1 aromatic heterocycles. The van der Waals surface area contributed by atoms with Crippen molar-refractivity contribution in [2.75, 3.05) is 5.01 Å². The van der Waals surface area contributed by atoms with Crippen molar-refractivity contribution in [3.8, 4) is 11.3 Å². The molecule has 2 aromatic carbocycles. The molecule has 1 aliphatic heterocycles. The van der Waals surface area contributed by atoms with Gasteiger partial charge in [0.15, 0.2) is 0 Å². The number of anilines is 1. The van der Waals surface area contributed by atoms with Gasteiger partial charge in [0.2, 0.25) is 5.13 Å². The summed E-state index contributed by atoms with van der Waals surface area (Å²) in [6.07, 6.45) is -4.82. The summed E-state index contributed by atoms with van der Waals surface area (Å²) < 4.78 is 42.4. The van der Waals surface area contributed by atoms with E-state index in [-0.39, 0.29) is 17.3 Å². The van der Waals surface area contributed by atoms with E-state index in [1.165, 1.54) is 0 Å². The first-order valence-electron chi connectivity index (χ1n) is 9.07. The molecule has 2 atom stereocenters. The van der Waals surface area contributed by atoms with Crippen LogP contribution in [0.3, 0.4) is 0 Å². The predicted octanol–water partition coefficient (Wildman–Crippen LogP) is 4.77. The van der Waals surface area contributed by atoms with E-state index >= 15 is 0 Å². The zero-order chi connectivity index (χ0) is 20.4. The maximum Gasteiger partial charge on any atom is 0.439 e. The fourth-order valence-electron chi connectivity index (χ4n) is 3.97. The lowest BCUT2D eigenvalue weighted by Crippen LogP contribution is -2.60. The minimum Gasteiger partial charge on any atom is -0.362 e. The molecular weight excluding hydrogens is 399 g/mol. The van der Waals surface area contributed by atoms with Crippen LogP contribution in [-0.2, 0) is 6.42 Å². The zero-order valence-electron chi connectivity index (χ0n) is 15.3. The molecule has 5 rings (SSSR count). The third-order valence-corrected chi connectivity index (χ3v) is 6.32. The van der Waals surface area contributed by atoms with Gasteiger partial charge in [-0.15, -0.1) is 11.3 Å². The number of fused-ring (bicyclic) bond motifs is 3. The third kappa shape index (κ3) is 2.63. The van der Waals surface area contributed by atoms with Crippen molar-refractivity contribution in [3.63, 3.8) is 0 Å². The van der Waals surface area contributed by atoms with E-state index in [9.17, 15) is 18.3 Å². The summed E-state index contributed by atoms with van der Waals surface area (Å²) in [5.41, 5.74) is 0.957. The van der Waals surface area contributed by atoms with Crippen LogP contribution in [0.15, 0.2) is 59.0 Å². The third-order valence-electron chi connectivity index (χ3n) is 5.50. The number of benzene rings is 2. The van der Waals surface area contributed by atoms with Crippen molar-refractivity contribution in [3.05, 3.63) is 70.6 Å². The van der Waals surface area contributed by atoms with Crippen molar-refractivity contribution < 1.29 is 18.3 Å². The fraction of sp³-hybridized carbons (Fsp3) is 0.238. The molecule has 1 aliphatic carbocycles. The molecule has 1 N–H and O–H groups in total. The van der Waals surface area contributed by atoms with Crippen LogP contribution in [0, 0.1) is 12.8 Å². The monoisotopic (exact) mass is 415 g/mol. The Labute approximate surface area is 168 Å². The number of hydrogen-bond acceptors (Lipinski definition) is 5. The second kappa shape index (κ2) is 6.14. The second-order valence-electron chi connectivity index (χ2n) is 7.32. The SMILES string of the molecule is Cc1ccc(-c2csc(N3N=C4c5ccccc5C[C@H]4[C@]3(O)C(F)(F)F)n2)cc1. The number of nitrogens with zero attached hydrogens (tertiary/aromatic N) is 3. The lowest BCUT2D eigenvalue weighted by atomic mass is 9.91. The molecule has 29 heavy (non-hydrogen) atoms. The van der Waals surface area contributed by atoms with Crippen LogP contribution in [0.5, 0.6) is 0 Å². The molecule has 148 valence electrons. The molecule has 0 amide bonds. The van der Waals surface area contributed by atoms with Gasteiger partial charge in [0.1, 0.15) is 0 Å². The van der Waals surface area contributed by atoms with Gasteiger partial charge in [0.25, 0.3) is 5.72 Å². The van der Waals surface area contributed by atoms with Crippen LogP contribution in [0.4, 0.5) is 18.3 Å². The number of alkyl halides is 3. The second-order valence-corrected chi connectivity index (χ2v) is 8.15. The number of hydrogen-bond donors (Lipinski definition) is 1. The standard InChI is InChI=1S/C21H16F3N3OS/c1-12-6-8-13(9-7-12)17-11-29-19(25-17)27-20(28,21(22,23)24)16-10-14-4-2-3-5-15(14)18(16)26-27/h2-9,11,16,28H,10H2,1H3/t16-,20+/m1/s1. The van der Waals surface area contributed by atoms with Gasteiger partial charge in [-0.3, -0.25) is 0 Å². The molecule has 0 unspecified atom stereocenters. The summed E-state index contributed by atoms with van der Waals surface area (Å²) in [5, 5.41) is 17.5. The summed E-state index contributed by atoms with van der Waals surface area (Å²) >= 11 is 1.03. The zero-order valence-corrected chi connectivity index (χ0v) is 16.1. The minimum absolute atomic E-state index is 0.0137. The normalized spacial score (nSPS) is 23.1. The molecule has 3 aromatic rings. The van der Waals surface area contributed by atoms with E-state index in [1.54, 1.807) is 29.6 Å². The molecule has 2 heterocycles. The first-order chi connectivity index (χ1) is 13.8. The van der Waals surface area contributed by atoms with E-state index in [0.29, 0.717) is 16.3 Å². The van der Waals surface area contributed by atoms with Crippen LogP contribution in [-0.4, -0.2) is 27.7 Å². The van der Waals surface area contributed by atoms with Gasteiger partial charge >= 0.3 is 6.18 Å². The van der Waals surface area contributed by atoms with Crippen LogP contribution in [0.2, 0.25) is 0 Å². The Morgan fingerprint density at radius 1 is 1.14 bits per heavy atom. The van der Waals surface area contributed by atoms with Crippen LogP contribution >= 0.6 is 11.3 Å². The first kappa shape index (κ1) is 18.3. The van der Waals surface area contributed by atoms with Crippen molar-refractivity contribution >= 4 is 22.2 Å². The van der Waals surface area contributed by atoms with E-state index < -0.39 is 17.8 Å². The van der Waals surface area contributed by atoms with Crippen molar-refractivity contribution in [2.45, 2.75) is 25.2 Å². The molecule has 2 aliphatic rings. The summed E-state index contributed by atoms with van der Waals surface area (Å²) in [5.74, 6) is -1.19. The summed E-state index contributed by atoms with van der Waals surface area (Å²) in [7, 11) is 0. The molecule has 0 spiro atoms. The average Bonchev–Trinajstić information content (AvgIpc) is 3.36. The number of aryl methyl sites for hydroxylation is 1. The quantitative estimate of drug-likeness (QED) is 0.656. The smallest absolute Gasteiger partial charge is 0.362 e. The number of halogens is 3. The largest absolute Gasteiger partial charge is 0.439 e. The lowest BCUT2D eigenvalue weighted by molar-refractivity contribution is -0.267. The average molecular weight is 415 g/mol. The number of thiazole rings is 1. The van der Waals surface area contributed by atoms with Gasteiger partial charge < -0.3 is 5.11 Å². The minimum atomic E-state index is -4.90. The number of aliphatic hydroxyl groups is 1. The van der Waals surface area contributed by atoms with Crippen LogP contribution < -0.4 is 5.01 Å². The molecule has 0 radical (unpaired) electrons. The van der Waals surface area contributed by atoms with Gasteiger partial charge in [-0.05, 0) is 18.9 Å².